The van der Waals surface area contributed by atoms with Gasteiger partial charge in [0.1, 0.15) is 5.38 Å². The van der Waals surface area contributed by atoms with Crippen LogP contribution in [-0.4, -0.2) is 47.5 Å². The van der Waals surface area contributed by atoms with Gasteiger partial charge in [0.2, 0.25) is 0 Å². The molecule has 0 radical (unpaired) electrons. The van der Waals surface area contributed by atoms with Gasteiger partial charge in [-0.1, -0.05) is 0 Å². The molecular weight excluding hydrogens is 352 g/mol. The van der Waals surface area contributed by atoms with E-state index in [4.69, 9.17) is 16.3 Å². The van der Waals surface area contributed by atoms with Gasteiger partial charge in [0.15, 0.2) is 6.04 Å². The van der Waals surface area contributed by atoms with Gasteiger partial charge >= 0.3 is 5.97 Å². The fraction of sp³-hybridized carbons (Fsp3) is 0.333. The van der Waals surface area contributed by atoms with E-state index in [9.17, 15) is 28.1 Å². The zero-order chi connectivity index (χ0) is 17.4. The van der Waals surface area contributed by atoms with Gasteiger partial charge in [-0.15, -0.1) is 11.6 Å². The molecule has 9 nitrogen and oxygen atoms in total. The van der Waals surface area contributed by atoms with Crippen molar-refractivity contribution in [2.45, 2.75) is 23.2 Å². The third-order valence-corrected chi connectivity index (χ3v) is 5.33. The SMILES string of the molecule is CCOC(=O)C1C(Cl)C(=O)N1S(=O)(=O)c1ccc([N+](=O)[O-])cc1. The zero-order valence-electron chi connectivity index (χ0n) is 11.7. The van der Waals surface area contributed by atoms with Gasteiger partial charge in [-0.3, -0.25) is 14.9 Å². The second-order valence-electron chi connectivity index (χ2n) is 4.49. The third kappa shape index (κ3) is 2.86. The van der Waals surface area contributed by atoms with Crippen LogP contribution >= 0.6 is 11.6 Å². The maximum Gasteiger partial charge on any atom is 0.332 e. The average molecular weight is 363 g/mol. The van der Waals surface area contributed by atoms with E-state index in [2.05, 4.69) is 0 Å². The summed E-state index contributed by atoms with van der Waals surface area (Å²) in [6.45, 7) is 1.52. The number of halogens is 1. The Kier molecular flexibility index (Phi) is 4.57. The molecule has 23 heavy (non-hydrogen) atoms. The van der Waals surface area contributed by atoms with Crippen LogP contribution in [-0.2, 0) is 24.3 Å². The van der Waals surface area contributed by atoms with E-state index < -0.39 is 38.2 Å². The van der Waals surface area contributed by atoms with Gasteiger partial charge in [-0.2, -0.15) is 0 Å². The number of carbonyl (C=O) groups excluding carboxylic acids is 2. The van der Waals surface area contributed by atoms with E-state index in [1.165, 1.54) is 6.92 Å². The number of amides is 1. The first-order valence-corrected chi connectivity index (χ1v) is 8.23. The summed E-state index contributed by atoms with van der Waals surface area (Å²) in [7, 11) is -4.36. The number of nitrogens with zero attached hydrogens (tertiary/aromatic N) is 2. The number of alkyl halides is 1. The molecule has 0 bridgehead atoms. The maximum atomic E-state index is 12.4. The quantitative estimate of drug-likeness (QED) is 0.248. The molecular formula is C12H11ClN2O7S. The molecule has 1 saturated heterocycles. The Balaban J connectivity index is 2.35. The molecule has 1 aliphatic heterocycles. The Morgan fingerprint density at radius 3 is 2.43 bits per heavy atom. The van der Waals surface area contributed by atoms with Crippen LogP contribution in [0.5, 0.6) is 0 Å². The van der Waals surface area contributed by atoms with Crippen LogP contribution in [0.15, 0.2) is 29.2 Å². The number of β-lactam (4-membered cyclic amide) rings is 1. The minimum atomic E-state index is -4.36. The van der Waals surface area contributed by atoms with Crippen molar-refractivity contribution in [3.8, 4) is 0 Å². The van der Waals surface area contributed by atoms with Gasteiger partial charge in [0, 0.05) is 12.1 Å². The number of benzene rings is 1. The summed E-state index contributed by atoms with van der Waals surface area (Å²) in [6.07, 6.45) is 0. The summed E-state index contributed by atoms with van der Waals surface area (Å²) in [6, 6.07) is 2.46. The highest BCUT2D eigenvalue weighted by molar-refractivity contribution is 7.89. The molecule has 0 aliphatic carbocycles. The number of nitro benzene ring substituents is 1. The number of ether oxygens (including phenoxy) is 1. The summed E-state index contributed by atoms with van der Waals surface area (Å²) in [5.41, 5.74) is -0.309. The van der Waals surface area contributed by atoms with E-state index in [0.717, 1.165) is 24.3 Å². The second kappa shape index (κ2) is 6.13. The number of hydrogen-bond donors (Lipinski definition) is 0. The van der Waals surface area contributed by atoms with Gasteiger partial charge in [0.05, 0.1) is 16.4 Å². The lowest BCUT2D eigenvalue weighted by atomic mass is 10.1. The number of rotatable bonds is 5. The Morgan fingerprint density at radius 1 is 1.39 bits per heavy atom. The lowest BCUT2D eigenvalue weighted by molar-refractivity contribution is -0.384. The molecule has 1 aromatic rings. The molecule has 0 spiro atoms. The van der Waals surface area contributed by atoms with Gasteiger partial charge in [-0.25, -0.2) is 17.5 Å². The largest absolute Gasteiger partial charge is 0.464 e. The molecule has 0 aromatic heterocycles. The minimum Gasteiger partial charge on any atom is -0.464 e. The van der Waals surface area contributed by atoms with Gasteiger partial charge in [-0.05, 0) is 19.1 Å². The maximum absolute atomic E-state index is 12.4. The molecule has 2 atom stereocenters. The highest BCUT2D eigenvalue weighted by Gasteiger charge is 2.57. The van der Waals surface area contributed by atoms with Crippen molar-refractivity contribution in [3.63, 3.8) is 0 Å². The van der Waals surface area contributed by atoms with E-state index in [1.54, 1.807) is 0 Å². The van der Waals surface area contributed by atoms with Crippen LogP contribution < -0.4 is 0 Å². The zero-order valence-corrected chi connectivity index (χ0v) is 13.3. The lowest BCUT2D eigenvalue weighted by Gasteiger charge is -2.40. The summed E-state index contributed by atoms with van der Waals surface area (Å²) in [4.78, 5) is 33.1. The monoisotopic (exact) mass is 362 g/mol. The predicted octanol–water partition coefficient (Wildman–Crippen LogP) is 0.665. The number of sulfonamides is 1. The van der Waals surface area contributed by atoms with Crippen LogP contribution in [0, 0.1) is 10.1 Å². The number of esters is 1. The van der Waals surface area contributed by atoms with Gasteiger partial charge < -0.3 is 4.74 Å². The summed E-state index contributed by atoms with van der Waals surface area (Å²) < 4.78 is 29.9. The Bertz CT molecular complexity index is 762. The summed E-state index contributed by atoms with van der Waals surface area (Å²) >= 11 is 5.71. The average Bonchev–Trinajstić information content (AvgIpc) is 2.51. The normalized spacial score (nSPS) is 20.8. The molecule has 1 aliphatic rings. The molecule has 124 valence electrons. The highest BCUT2D eigenvalue weighted by atomic mass is 35.5. The number of carbonyl (C=O) groups is 2. The van der Waals surface area contributed by atoms with Crippen molar-refractivity contribution in [2.75, 3.05) is 6.61 Å². The minimum absolute atomic E-state index is 0.00144. The first-order valence-electron chi connectivity index (χ1n) is 6.35. The fourth-order valence-corrected chi connectivity index (χ4v) is 4.00. The molecule has 2 unspecified atom stereocenters. The van der Waals surface area contributed by atoms with Crippen molar-refractivity contribution in [3.05, 3.63) is 34.4 Å². The van der Waals surface area contributed by atoms with Crippen LogP contribution in [0.4, 0.5) is 5.69 Å². The van der Waals surface area contributed by atoms with Crippen molar-refractivity contribution in [1.29, 1.82) is 0 Å². The first-order chi connectivity index (χ1) is 10.7. The molecule has 2 rings (SSSR count). The molecule has 1 aromatic carbocycles. The molecule has 0 N–H and O–H groups in total. The molecule has 11 heteroatoms. The van der Waals surface area contributed by atoms with Crippen molar-refractivity contribution in [2.24, 2.45) is 0 Å². The molecule has 0 saturated carbocycles. The van der Waals surface area contributed by atoms with Crippen LogP contribution in [0.1, 0.15) is 6.92 Å². The Hall–Kier alpha value is -2.20. The lowest BCUT2D eigenvalue weighted by Crippen LogP contribution is -2.67. The van der Waals surface area contributed by atoms with Gasteiger partial charge in [0.25, 0.3) is 21.6 Å². The first kappa shape index (κ1) is 17.2. The second-order valence-corrected chi connectivity index (χ2v) is 6.77. The number of nitro groups is 1. The molecule has 1 amide bonds. The van der Waals surface area contributed by atoms with Crippen LogP contribution in [0.3, 0.4) is 0 Å². The van der Waals surface area contributed by atoms with Crippen LogP contribution in [0.2, 0.25) is 0 Å². The van der Waals surface area contributed by atoms with E-state index in [0.29, 0.717) is 4.31 Å². The van der Waals surface area contributed by atoms with E-state index in [1.807, 2.05) is 0 Å². The van der Waals surface area contributed by atoms with Crippen molar-refractivity contribution in [1.82, 2.24) is 4.31 Å². The highest BCUT2D eigenvalue weighted by Crippen LogP contribution is 2.33. The number of hydrogen-bond acceptors (Lipinski definition) is 7. The Morgan fingerprint density at radius 2 is 1.96 bits per heavy atom. The van der Waals surface area contributed by atoms with Crippen molar-refractivity contribution >= 4 is 39.2 Å². The number of non-ortho nitro benzene ring substituents is 1. The summed E-state index contributed by atoms with van der Waals surface area (Å²) in [5, 5.41) is 9.25. The topological polar surface area (TPSA) is 124 Å². The Labute approximate surface area is 136 Å². The molecule has 1 fully saturated rings. The summed E-state index contributed by atoms with van der Waals surface area (Å²) in [5.74, 6) is -1.89. The van der Waals surface area contributed by atoms with Crippen LogP contribution in [0.25, 0.3) is 0 Å². The predicted molar refractivity (Wildman–Crippen MR) is 77.2 cm³/mol. The van der Waals surface area contributed by atoms with E-state index in [-0.39, 0.29) is 17.2 Å². The van der Waals surface area contributed by atoms with Crippen molar-refractivity contribution < 1.29 is 27.7 Å². The standard InChI is InChI=1S/C12H11ClN2O7S/c1-2-22-12(17)10-9(13)11(16)14(10)23(20,21)8-5-3-7(4-6-8)15(18)19/h3-6,9-10H,2H2,1H3. The smallest absolute Gasteiger partial charge is 0.332 e. The van der Waals surface area contributed by atoms with E-state index >= 15 is 0 Å². The molecule has 1 heterocycles. The third-order valence-electron chi connectivity index (χ3n) is 3.12. The fourth-order valence-electron chi connectivity index (χ4n) is 1.99.